The molecule has 3 atom stereocenters. The molecule has 1 aliphatic heterocycles. The summed E-state index contributed by atoms with van der Waals surface area (Å²) in [6.07, 6.45) is 0.903. The molecule has 1 heterocycles. The predicted octanol–water partition coefficient (Wildman–Crippen LogP) is 4.24. The minimum atomic E-state index is 0.137. The molecule has 0 radical (unpaired) electrons. The van der Waals surface area contributed by atoms with Crippen molar-refractivity contribution >= 4 is 5.91 Å². The Bertz CT molecular complexity index is 681. The van der Waals surface area contributed by atoms with Crippen LogP contribution in [0, 0.1) is 5.92 Å². The van der Waals surface area contributed by atoms with Crippen molar-refractivity contribution in [3.63, 3.8) is 0 Å². The van der Waals surface area contributed by atoms with Gasteiger partial charge < -0.3 is 9.64 Å². The van der Waals surface area contributed by atoms with Gasteiger partial charge in [-0.3, -0.25) is 4.79 Å². The molecule has 3 rings (SSSR count). The van der Waals surface area contributed by atoms with E-state index in [-0.39, 0.29) is 17.9 Å². The summed E-state index contributed by atoms with van der Waals surface area (Å²) >= 11 is 0. The van der Waals surface area contributed by atoms with Crippen LogP contribution in [0.4, 0.5) is 0 Å². The second-order valence-corrected chi connectivity index (χ2v) is 6.52. The molecule has 0 aromatic heterocycles. The zero-order chi connectivity index (χ0) is 17.1. The van der Waals surface area contributed by atoms with Gasteiger partial charge in [-0.25, -0.2) is 0 Å². The first kappa shape index (κ1) is 16.6. The number of amides is 1. The van der Waals surface area contributed by atoms with Crippen LogP contribution in [0.15, 0.2) is 54.6 Å². The lowest BCUT2D eigenvalue weighted by molar-refractivity contribution is -0.159. The highest BCUT2D eigenvalue weighted by atomic mass is 16.5. The highest BCUT2D eigenvalue weighted by Gasteiger charge is 2.48. The van der Waals surface area contributed by atoms with E-state index in [1.807, 2.05) is 35.2 Å². The third-order valence-corrected chi connectivity index (χ3v) is 5.16. The van der Waals surface area contributed by atoms with Crippen LogP contribution in [-0.4, -0.2) is 24.0 Å². The van der Waals surface area contributed by atoms with Gasteiger partial charge in [0.1, 0.15) is 5.75 Å². The Morgan fingerprint density at radius 3 is 2.33 bits per heavy atom. The lowest BCUT2D eigenvalue weighted by atomic mass is 9.75. The van der Waals surface area contributed by atoms with Crippen molar-refractivity contribution in [1.82, 2.24) is 4.90 Å². The first-order valence-corrected chi connectivity index (χ1v) is 8.64. The number of carbonyl (C=O) groups is 1. The van der Waals surface area contributed by atoms with Crippen molar-refractivity contribution in [1.29, 1.82) is 0 Å². The number of nitrogens with zero attached hydrogens (tertiary/aromatic N) is 1. The fourth-order valence-electron chi connectivity index (χ4n) is 3.74. The first-order valence-electron chi connectivity index (χ1n) is 8.64. The van der Waals surface area contributed by atoms with Crippen LogP contribution in [0.1, 0.15) is 37.3 Å². The summed E-state index contributed by atoms with van der Waals surface area (Å²) in [5, 5.41) is 0. The molecule has 1 amide bonds. The molecule has 1 saturated heterocycles. The number of hydrogen-bond donors (Lipinski definition) is 0. The molecule has 3 heteroatoms. The summed E-state index contributed by atoms with van der Waals surface area (Å²) in [7, 11) is 1.66. The quantitative estimate of drug-likeness (QED) is 0.744. The van der Waals surface area contributed by atoms with Crippen LogP contribution in [0.25, 0.3) is 0 Å². The lowest BCUT2D eigenvalue weighted by Gasteiger charge is -2.50. The van der Waals surface area contributed by atoms with Gasteiger partial charge in [-0.1, -0.05) is 56.3 Å². The van der Waals surface area contributed by atoms with Crippen LogP contribution >= 0.6 is 0 Å². The molecule has 0 N–H and O–H groups in total. The Labute approximate surface area is 144 Å². The number of methoxy groups -OCH3 is 1. The number of β-lactam (4-membered cyclic amide) rings is 1. The largest absolute Gasteiger partial charge is 0.497 e. The monoisotopic (exact) mass is 323 g/mol. The average molecular weight is 323 g/mol. The van der Waals surface area contributed by atoms with Crippen LogP contribution in [0.3, 0.4) is 0 Å². The van der Waals surface area contributed by atoms with E-state index in [4.69, 9.17) is 4.74 Å². The minimum absolute atomic E-state index is 0.137. The van der Waals surface area contributed by atoms with Gasteiger partial charge in [0.25, 0.3) is 0 Å². The smallest absolute Gasteiger partial charge is 0.228 e. The van der Waals surface area contributed by atoms with E-state index in [1.165, 1.54) is 5.56 Å². The zero-order valence-corrected chi connectivity index (χ0v) is 14.6. The van der Waals surface area contributed by atoms with Gasteiger partial charge >= 0.3 is 0 Å². The fourth-order valence-corrected chi connectivity index (χ4v) is 3.74. The molecule has 126 valence electrons. The molecule has 0 unspecified atom stereocenters. The summed E-state index contributed by atoms with van der Waals surface area (Å²) in [4.78, 5) is 14.6. The van der Waals surface area contributed by atoms with Crippen LogP contribution in [0.5, 0.6) is 5.75 Å². The van der Waals surface area contributed by atoms with Gasteiger partial charge in [0.2, 0.25) is 5.91 Å². The number of carbonyl (C=O) groups excluding carboxylic acids is 1. The maximum atomic E-state index is 12.6. The Kier molecular flexibility index (Phi) is 4.89. The lowest BCUT2D eigenvalue weighted by Crippen LogP contribution is -2.61. The predicted molar refractivity (Wildman–Crippen MR) is 96.0 cm³/mol. The third kappa shape index (κ3) is 3.03. The Balaban J connectivity index is 1.78. The third-order valence-electron chi connectivity index (χ3n) is 5.16. The molecule has 24 heavy (non-hydrogen) atoms. The summed E-state index contributed by atoms with van der Waals surface area (Å²) in [5.41, 5.74) is 2.44. The van der Waals surface area contributed by atoms with Crippen LogP contribution in [-0.2, 0) is 11.3 Å². The van der Waals surface area contributed by atoms with Crippen molar-refractivity contribution in [3.8, 4) is 5.75 Å². The molecule has 1 fully saturated rings. The Morgan fingerprint density at radius 1 is 1.08 bits per heavy atom. The van der Waals surface area contributed by atoms with Gasteiger partial charge in [0.15, 0.2) is 0 Å². The second-order valence-electron chi connectivity index (χ2n) is 6.52. The van der Waals surface area contributed by atoms with Crippen molar-refractivity contribution < 1.29 is 9.53 Å². The number of rotatable bonds is 6. The Morgan fingerprint density at radius 2 is 1.75 bits per heavy atom. The van der Waals surface area contributed by atoms with E-state index in [9.17, 15) is 4.79 Å². The minimum Gasteiger partial charge on any atom is -0.497 e. The van der Waals surface area contributed by atoms with Gasteiger partial charge in [-0.2, -0.15) is 0 Å². The van der Waals surface area contributed by atoms with Crippen molar-refractivity contribution in [2.24, 2.45) is 5.92 Å². The van der Waals surface area contributed by atoms with Gasteiger partial charge in [0, 0.05) is 12.5 Å². The molecular weight excluding hydrogens is 298 g/mol. The van der Waals surface area contributed by atoms with E-state index >= 15 is 0 Å². The van der Waals surface area contributed by atoms with Crippen LogP contribution in [0.2, 0.25) is 0 Å². The second kappa shape index (κ2) is 7.08. The molecular formula is C21H25NO2. The van der Waals surface area contributed by atoms with Crippen molar-refractivity contribution in [2.45, 2.75) is 38.8 Å². The van der Waals surface area contributed by atoms with Crippen LogP contribution < -0.4 is 4.74 Å². The Hall–Kier alpha value is -2.29. The summed E-state index contributed by atoms with van der Waals surface area (Å²) in [5.74, 6) is 1.60. The molecule has 0 bridgehead atoms. The maximum absolute atomic E-state index is 12.6. The van der Waals surface area contributed by atoms with E-state index in [2.05, 4.69) is 38.1 Å². The van der Waals surface area contributed by atoms with Crippen molar-refractivity contribution in [3.05, 3.63) is 65.7 Å². The SMILES string of the molecule is CC[C@@H]1C(=O)N(Cc2ccc(OC)cc2)[C@H]1[C@@H](C)c1ccccc1. The van der Waals surface area contributed by atoms with Gasteiger partial charge in [0.05, 0.1) is 19.1 Å². The highest BCUT2D eigenvalue weighted by molar-refractivity contribution is 5.86. The molecule has 2 aromatic rings. The van der Waals surface area contributed by atoms with Crippen molar-refractivity contribution in [2.75, 3.05) is 7.11 Å². The topological polar surface area (TPSA) is 29.5 Å². The summed E-state index contributed by atoms with van der Waals surface area (Å²) < 4.78 is 5.21. The first-order chi connectivity index (χ1) is 11.7. The van der Waals surface area contributed by atoms with E-state index in [0.29, 0.717) is 12.5 Å². The molecule has 0 spiro atoms. The molecule has 3 nitrogen and oxygen atoms in total. The van der Waals surface area contributed by atoms with Gasteiger partial charge in [-0.15, -0.1) is 0 Å². The zero-order valence-electron chi connectivity index (χ0n) is 14.6. The van der Waals surface area contributed by atoms with E-state index < -0.39 is 0 Å². The highest BCUT2D eigenvalue weighted by Crippen LogP contribution is 2.40. The summed E-state index contributed by atoms with van der Waals surface area (Å²) in [6, 6.07) is 18.7. The molecule has 2 aromatic carbocycles. The summed E-state index contributed by atoms with van der Waals surface area (Å²) in [6.45, 7) is 5.01. The fraction of sp³-hybridized carbons (Fsp3) is 0.381. The number of benzene rings is 2. The molecule has 0 aliphatic carbocycles. The number of likely N-dealkylation sites (tertiary alicyclic amines) is 1. The van der Waals surface area contributed by atoms with E-state index in [1.54, 1.807) is 7.11 Å². The normalized spacial score (nSPS) is 21.3. The van der Waals surface area contributed by atoms with Gasteiger partial charge in [-0.05, 0) is 29.7 Å². The standard InChI is InChI=1S/C21H25NO2/c1-4-19-20(15(2)17-8-6-5-7-9-17)22(21(19)23)14-16-10-12-18(24-3)13-11-16/h5-13,15,19-20H,4,14H2,1-3H3/t15-,19-,20-/m0/s1. The average Bonchev–Trinajstić information content (AvgIpc) is 2.64. The molecule has 0 saturated carbocycles. The number of hydrogen-bond acceptors (Lipinski definition) is 2. The maximum Gasteiger partial charge on any atom is 0.228 e. The van der Waals surface area contributed by atoms with E-state index in [0.717, 1.165) is 17.7 Å². The molecule has 1 aliphatic rings. The number of ether oxygens (including phenoxy) is 1.